The van der Waals surface area contributed by atoms with Gasteiger partial charge in [-0.25, -0.2) is 0 Å². The van der Waals surface area contributed by atoms with Crippen LogP contribution in [0.25, 0.3) is 0 Å². The molecule has 0 fully saturated rings. The van der Waals surface area contributed by atoms with Crippen LogP contribution in [0.5, 0.6) is 0 Å². The molecular formula is C13H21NO2. The standard InChI is InChI=1S/C13H21NO2/c1-16-13-11-9-7-5-3-2-4-6-8-10-12(13)14-15/h7,9,11,15H,2-6,8,10H2,1H3. The highest BCUT2D eigenvalue weighted by molar-refractivity contribution is 5.98. The molecule has 3 nitrogen and oxygen atoms in total. The normalized spacial score (nSPS) is 22.1. The molecule has 0 saturated carbocycles. The van der Waals surface area contributed by atoms with Gasteiger partial charge in [0, 0.05) is 0 Å². The van der Waals surface area contributed by atoms with Gasteiger partial charge in [0.15, 0.2) is 0 Å². The third kappa shape index (κ3) is 4.51. The van der Waals surface area contributed by atoms with Crippen molar-refractivity contribution in [2.75, 3.05) is 7.11 Å². The number of nitrogens with zero attached hydrogens (tertiary/aromatic N) is 1. The number of rotatable bonds is 1. The summed E-state index contributed by atoms with van der Waals surface area (Å²) in [5.41, 5.74) is 0.646. The molecule has 0 saturated heterocycles. The molecule has 3 heteroatoms. The molecule has 1 aliphatic rings. The maximum Gasteiger partial charge on any atom is 0.143 e. The van der Waals surface area contributed by atoms with Crippen molar-refractivity contribution < 1.29 is 9.94 Å². The van der Waals surface area contributed by atoms with E-state index in [9.17, 15) is 0 Å². The van der Waals surface area contributed by atoms with Gasteiger partial charge in [0.05, 0.1) is 7.11 Å². The van der Waals surface area contributed by atoms with E-state index in [2.05, 4.69) is 11.2 Å². The Kier molecular flexibility index (Phi) is 6.38. The lowest BCUT2D eigenvalue weighted by Gasteiger charge is -2.08. The maximum atomic E-state index is 8.94. The largest absolute Gasteiger partial charge is 0.495 e. The van der Waals surface area contributed by atoms with E-state index in [1.165, 1.54) is 25.7 Å². The van der Waals surface area contributed by atoms with Crippen molar-refractivity contribution in [2.45, 2.75) is 44.9 Å². The molecule has 16 heavy (non-hydrogen) atoms. The van der Waals surface area contributed by atoms with Gasteiger partial charge in [-0.3, -0.25) is 0 Å². The SMILES string of the molecule is COC1=CC=CCCCCCCCC1=NO. The highest BCUT2D eigenvalue weighted by atomic mass is 16.5. The lowest BCUT2D eigenvalue weighted by molar-refractivity contribution is 0.292. The summed E-state index contributed by atoms with van der Waals surface area (Å²) >= 11 is 0. The molecule has 0 aliphatic heterocycles. The van der Waals surface area contributed by atoms with Crippen LogP contribution in [-0.4, -0.2) is 18.0 Å². The zero-order valence-corrected chi connectivity index (χ0v) is 9.98. The summed E-state index contributed by atoms with van der Waals surface area (Å²) in [6.07, 6.45) is 13.9. The zero-order valence-electron chi connectivity index (χ0n) is 9.98. The lowest BCUT2D eigenvalue weighted by Crippen LogP contribution is -2.05. The molecule has 0 bridgehead atoms. The Bertz CT molecular complexity index is 280. The fourth-order valence-electron chi connectivity index (χ4n) is 1.84. The van der Waals surface area contributed by atoms with E-state index < -0.39 is 0 Å². The van der Waals surface area contributed by atoms with Crippen molar-refractivity contribution in [3.8, 4) is 0 Å². The number of oxime groups is 1. The molecule has 0 radical (unpaired) electrons. The Morgan fingerprint density at radius 1 is 1.19 bits per heavy atom. The Morgan fingerprint density at radius 3 is 2.69 bits per heavy atom. The van der Waals surface area contributed by atoms with Gasteiger partial charge in [-0.05, 0) is 31.8 Å². The summed E-state index contributed by atoms with van der Waals surface area (Å²) in [5.74, 6) is 0.666. The van der Waals surface area contributed by atoms with Crippen LogP contribution in [-0.2, 0) is 4.74 Å². The minimum absolute atomic E-state index is 0.646. The molecule has 90 valence electrons. The molecule has 0 aromatic rings. The summed E-state index contributed by atoms with van der Waals surface area (Å²) in [5, 5.41) is 12.3. The number of hydrogen-bond acceptors (Lipinski definition) is 3. The quantitative estimate of drug-likeness (QED) is 0.544. The predicted molar refractivity (Wildman–Crippen MR) is 65.8 cm³/mol. The highest BCUT2D eigenvalue weighted by Crippen LogP contribution is 2.13. The number of hydrogen-bond donors (Lipinski definition) is 1. The van der Waals surface area contributed by atoms with Crippen molar-refractivity contribution in [3.05, 3.63) is 24.0 Å². The topological polar surface area (TPSA) is 41.8 Å². The second-order valence-corrected chi connectivity index (χ2v) is 4.02. The first kappa shape index (κ1) is 12.8. The maximum absolute atomic E-state index is 8.94. The van der Waals surface area contributed by atoms with Crippen LogP contribution >= 0.6 is 0 Å². The minimum Gasteiger partial charge on any atom is -0.495 e. The number of allylic oxidation sites excluding steroid dienone is 4. The fourth-order valence-corrected chi connectivity index (χ4v) is 1.84. The van der Waals surface area contributed by atoms with Crippen LogP contribution < -0.4 is 0 Å². The zero-order chi connectivity index (χ0) is 11.6. The summed E-state index contributed by atoms with van der Waals surface area (Å²) in [7, 11) is 1.61. The van der Waals surface area contributed by atoms with Gasteiger partial charge in [0.1, 0.15) is 11.5 Å². The average molecular weight is 223 g/mol. The van der Waals surface area contributed by atoms with Gasteiger partial charge in [-0.2, -0.15) is 0 Å². The molecule has 1 rings (SSSR count). The van der Waals surface area contributed by atoms with Crippen molar-refractivity contribution in [1.29, 1.82) is 0 Å². The molecule has 0 atom stereocenters. The summed E-state index contributed by atoms with van der Waals surface area (Å²) in [4.78, 5) is 0. The van der Waals surface area contributed by atoms with Crippen molar-refractivity contribution in [1.82, 2.24) is 0 Å². The molecule has 0 spiro atoms. The third-order valence-corrected chi connectivity index (χ3v) is 2.79. The third-order valence-electron chi connectivity index (χ3n) is 2.79. The second-order valence-electron chi connectivity index (χ2n) is 4.02. The molecule has 0 heterocycles. The first-order chi connectivity index (χ1) is 7.88. The van der Waals surface area contributed by atoms with Crippen LogP contribution in [0.15, 0.2) is 29.1 Å². The van der Waals surface area contributed by atoms with Gasteiger partial charge in [-0.15, -0.1) is 0 Å². The Balaban J connectivity index is 2.71. The van der Waals surface area contributed by atoms with E-state index in [-0.39, 0.29) is 0 Å². The van der Waals surface area contributed by atoms with Crippen LogP contribution in [0, 0.1) is 0 Å². The Hall–Kier alpha value is -1.25. The lowest BCUT2D eigenvalue weighted by atomic mass is 10.0. The van der Waals surface area contributed by atoms with E-state index in [1.54, 1.807) is 7.11 Å². The van der Waals surface area contributed by atoms with Gasteiger partial charge in [-0.1, -0.05) is 36.6 Å². The molecule has 1 aliphatic carbocycles. The molecular weight excluding hydrogens is 202 g/mol. The van der Waals surface area contributed by atoms with Gasteiger partial charge in [0.2, 0.25) is 0 Å². The molecule has 1 N–H and O–H groups in total. The fraction of sp³-hybridized carbons (Fsp3) is 0.615. The van der Waals surface area contributed by atoms with E-state index in [0.29, 0.717) is 11.5 Å². The van der Waals surface area contributed by atoms with Crippen molar-refractivity contribution in [3.63, 3.8) is 0 Å². The molecule has 0 unspecified atom stereocenters. The van der Waals surface area contributed by atoms with E-state index in [4.69, 9.17) is 9.94 Å². The summed E-state index contributed by atoms with van der Waals surface area (Å²) < 4.78 is 5.22. The summed E-state index contributed by atoms with van der Waals surface area (Å²) in [6.45, 7) is 0. The van der Waals surface area contributed by atoms with Gasteiger partial charge in [0.25, 0.3) is 0 Å². The van der Waals surface area contributed by atoms with E-state index >= 15 is 0 Å². The van der Waals surface area contributed by atoms with Crippen LogP contribution in [0.1, 0.15) is 44.9 Å². The van der Waals surface area contributed by atoms with Crippen molar-refractivity contribution >= 4 is 5.71 Å². The van der Waals surface area contributed by atoms with E-state index in [1.807, 2.05) is 12.2 Å². The Morgan fingerprint density at radius 2 is 1.94 bits per heavy atom. The molecule has 0 aromatic carbocycles. The monoisotopic (exact) mass is 223 g/mol. The molecule has 0 amide bonds. The second kappa shape index (κ2) is 7.97. The van der Waals surface area contributed by atoms with Gasteiger partial charge >= 0.3 is 0 Å². The van der Waals surface area contributed by atoms with E-state index in [0.717, 1.165) is 19.3 Å². The average Bonchev–Trinajstić information content (AvgIpc) is 2.30. The van der Waals surface area contributed by atoms with Gasteiger partial charge < -0.3 is 9.94 Å². The van der Waals surface area contributed by atoms with Crippen LogP contribution in [0.4, 0.5) is 0 Å². The predicted octanol–water partition coefficient (Wildman–Crippen LogP) is 3.65. The number of methoxy groups -OCH3 is 1. The Labute approximate surface area is 97.5 Å². The van der Waals surface area contributed by atoms with Crippen molar-refractivity contribution in [2.24, 2.45) is 5.16 Å². The first-order valence-corrected chi connectivity index (χ1v) is 6.00. The van der Waals surface area contributed by atoms with Crippen LogP contribution in [0.2, 0.25) is 0 Å². The molecule has 0 aromatic heterocycles. The number of ether oxygens (including phenoxy) is 1. The summed E-state index contributed by atoms with van der Waals surface area (Å²) in [6, 6.07) is 0. The first-order valence-electron chi connectivity index (χ1n) is 6.00. The minimum atomic E-state index is 0.646. The smallest absolute Gasteiger partial charge is 0.143 e. The highest BCUT2D eigenvalue weighted by Gasteiger charge is 2.07. The van der Waals surface area contributed by atoms with Crippen LogP contribution in [0.3, 0.4) is 0 Å².